The zero-order valence-corrected chi connectivity index (χ0v) is 9.02. The number of halogens is 1. The van der Waals surface area contributed by atoms with Crippen molar-refractivity contribution in [3.05, 3.63) is 33.9 Å². The summed E-state index contributed by atoms with van der Waals surface area (Å²) in [6, 6.07) is 5.99. The van der Waals surface area contributed by atoms with Crippen LogP contribution in [0.2, 0.25) is 0 Å². The summed E-state index contributed by atoms with van der Waals surface area (Å²) in [4.78, 5) is 14.9. The van der Waals surface area contributed by atoms with Gasteiger partial charge in [-0.1, -0.05) is 22.0 Å². The van der Waals surface area contributed by atoms with Gasteiger partial charge in [0.2, 0.25) is 0 Å². The van der Waals surface area contributed by atoms with E-state index in [4.69, 9.17) is 0 Å². The highest BCUT2D eigenvalue weighted by Gasteiger charge is 2.24. The Labute approximate surface area is 89.4 Å². The lowest BCUT2D eigenvalue weighted by molar-refractivity contribution is 0.0996. The molecule has 0 atom stereocenters. The minimum Gasteiger partial charge on any atom is -0.358 e. The van der Waals surface area contributed by atoms with Crippen molar-refractivity contribution in [1.82, 2.24) is 4.98 Å². The van der Waals surface area contributed by atoms with Crippen molar-refractivity contribution in [1.29, 1.82) is 0 Å². The van der Waals surface area contributed by atoms with Gasteiger partial charge in [-0.3, -0.25) is 4.79 Å². The first-order valence-electron chi connectivity index (χ1n) is 4.59. The highest BCUT2D eigenvalue weighted by Crippen LogP contribution is 2.31. The standard InChI is InChI=1S/C11H8BrNO/c12-6-1-2-7-9(5-6)13-8-3-4-10(14)11(7)8/h1-2,5,13H,3-4H2. The van der Waals surface area contributed by atoms with Gasteiger partial charge in [-0.25, -0.2) is 0 Å². The summed E-state index contributed by atoms with van der Waals surface area (Å²) in [5, 5.41) is 1.06. The number of carbonyl (C=O) groups excluding carboxylic acids is 1. The van der Waals surface area contributed by atoms with E-state index in [9.17, 15) is 4.79 Å². The molecule has 1 aromatic heterocycles. The van der Waals surface area contributed by atoms with Crippen LogP contribution in [0.4, 0.5) is 0 Å². The number of aromatic nitrogens is 1. The van der Waals surface area contributed by atoms with Gasteiger partial charge < -0.3 is 4.98 Å². The van der Waals surface area contributed by atoms with E-state index >= 15 is 0 Å². The number of hydrogen-bond acceptors (Lipinski definition) is 1. The summed E-state index contributed by atoms with van der Waals surface area (Å²) in [5.74, 6) is 0.272. The first-order valence-corrected chi connectivity index (χ1v) is 5.38. The molecule has 0 amide bonds. The first kappa shape index (κ1) is 8.24. The Morgan fingerprint density at radius 3 is 3.00 bits per heavy atom. The molecule has 1 aliphatic rings. The first-order chi connectivity index (χ1) is 6.75. The van der Waals surface area contributed by atoms with Crippen LogP contribution in [-0.4, -0.2) is 10.8 Å². The molecule has 1 aromatic carbocycles. The van der Waals surface area contributed by atoms with Crippen LogP contribution in [0.5, 0.6) is 0 Å². The van der Waals surface area contributed by atoms with Crippen LogP contribution in [-0.2, 0) is 6.42 Å². The normalized spacial score (nSPS) is 15.1. The van der Waals surface area contributed by atoms with Gasteiger partial charge in [0.1, 0.15) is 0 Å². The average molecular weight is 250 g/mol. The summed E-state index contributed by atoms with van der Waals surface area (Å²) in [6.45, 7) is 0. The number of H-pyrrole nitrogens is 1. The van der Waals surface area contributed by atoms with Crippen molar-refractivity contribution in [2.24, 2.45) is 0 Å². The summed E-state index contributed by atoms with van der Waals surface area (Å²) < 4.78 is 1.04. The highest BCUT2D eigenvalue weighted by atomic mass is 79.9. The van der Waals surface area contributed by atoms with E-state index in [1.807, 2.05) is 18.2 Å². The van der Waals surface area contributed by atoms with Crippen molar-refractivity contribution in [3.8, 4) is 0 Å². The molecule has 0 radical (unpaired) electrons. The van der Waals surface area contributed by atoms with Crippen LogP contribution >= 0.6 is 15.9 Å². The predicted octanol–water partition coefficient (Wildman–Crippen LogP) is 3.06. The number of aryl methyl sites for hydroxylation is 1. The SMILES string of the molecule is O=C1CCc2[nH]c3cc(Br)ccc3c21. The van der Waals surface area contributed by atoms with Gasteiger partial charge >= 0.3 is 0 Å². The van der Waals surface area contributed by atoms with E-state index < -0.39 is 0 Å². The number of nitrogens with one attached hydrogen (secondary N) is 1. The number of carbonyl (C=O) groups is 1. The molecule has 0 saturated carbocycles. The number of fused-ring (bicyclic) bond motifs is 3. The van der Waals surface area contributed by atoms with Gasteiger partial charge in [-0.05, 0) is 18.6 Å². The number of benzene rings is 1. The topological polar surface area (TPSA) is 32.9 Å². The van der Waals surface area contributed by atoms with Crippen LogP contribution in [0.1, 0.15) is 22.5 Å². The van der Waals surface area contributed by atoms with Gasteiger partial charge in [-0.2, -0.15) is 0 Å². The molecular weight excluding hydrogens is 242 g/mol. The van der Waals surface area contributed by atoms with E-state index in [0.29, 0.717) is 6.42 Å². The fourth-order valence-electron chi connectivity index (χ4n) is 2.10. The van der Waals surface area contributed by atoms with E-state index in [-0.39, 0.29) is 5.78 Å². The van der Waals surface area contributed by atoms with Crippen molar-refractivity contribution < 1.29 is 4.79 Å². The van der Waals surface area contributed by atoms with E-state index in [0.717, 1.165) is 33.1 Å². The maximum atomic E-state index is 11.6. The van der Waals surface area contributed by atoms with E-state index in [1.165, 1.54) is 0 Å². The van der Waals surface area contributed by atoms with Crippen molar-refractivity contribution >= 4 is 32.6 Å². The molecule has 1 N–H and O–H groups in total. The fraction of sp³-hybridized carbons (Fsp3) is 0.182. The molecule has 1 aliphatic carbocycles. The summed E-state index contributed by atoms with van der Waals surface area (Å²) >= 11 is 3.42. The zero-order valence-electron chi connectivity index (χ0n) is 7.43. The van der Waals surface area contributed by atoms with Crippen molar-refractivity contribution in [3.63, 3.8) is 0 Å². The average Bonchev–Trinajstić information content (AvgIpc) is 2.66. The molecule has 0 spiro atoms. The molecule has 0 aliphatic heterocycles. The third-order valence-corrected chi connectivity index (χ3v) is 3.21. The Hall–Kier alpha value is -1.09. The van der Waals surface area contributed by atoms with Crippen LogP contribution in [0, 0.1) is 0 Å². The lowest BCUT2D eigenvalue weighted by Crippen LogP contribution is -1.89. The second kappa shape index (κ2) is 2.70. The smallest absolute Gasteiger partial charge is 0.165 e. The molecule has 2 nitrogen and oxygen atoms in total. The summed E-state index contributed by atoms with van der Waals surface area (Å²) in [6.07, 6.45) is 1.52. The largest absolute Gasteiger partial charge is 0.358 e. The number of hydrogen-bond donors (Lipinski definition) is 1. The highest BCUT2D eigenvalue weighted by molar-refractivity contribution is 9.10. The van der Waals surface area contributed by atoms with Crippen molar-refractivity contribution in [2.45, 2.75) is 12.8 Å². The second-order valence-corrected chi connectivity index (χ2v) is 4.51. The van der Waals surface area contributed by atoms with Crippen LogP contribution < -0.4 is 0 Å². The second-order valence-electron chi connectivity index (χ2n) is 3.59. The molecule has 0 fully saturated rings. The Kier molecular flexibility index (Phi) is 1.59. The third kappa shape index (κ3) is 0.989. The summed E-state index contributed by atoms with van der Waals surface area (Å²) in [7, 11) is 0. The molecule has 14 heavy (non-hydrogen) atoms. The maximum absolute atomic E-state index is 11.6. The molecular formula is C11H8BrNO. The van der Waals surface area contributed by atoms with Crippen LogP contribution in [0.3, 0.4) is 0 Å². The van der Waals surface area contributed by atoms with E-state index in [1.54, 1.807) is 0 Å². The minimum atomic E-state index is 0.272. The third-order valence-electron chi connectivity index (χ3n) is 2.72. The van der Waals surface area contributed by atoms with Gasteiger partial charge in [0.25, 0.3) is 0 Å². The van der Waals surface area contributed by atoms with Crippen molar-refractivity contribution in [2.75, 3.05) is 0 Å². The Bertz CT molecular complexity index is 541. The molecule has 1 heterocycles. The molecule has 3 rings (SSSR count). The molecule has 3 heteroatoms. The molecule has 0 saturated heterocycles. The fourth-order valence-corrected chi connectivity index (χ4v) is 2.46. The Morgan fingerprint density at radius 2 is 2.14 bits per heavy atom. The number of ketones is 1. The number of rotatable bonds is 0. The predicted molar refractivity (Wildman–Crippen MR) is 58.7 cm³/mol. The monoisotopic (exact) mass is 249 g/mol. The molecule has 70 valence electrons. The quantitative estimate of drug-likeness (QED) is 0.765. The minimum absolute atomic E-state index is 0.272. The van der Waals surface area contributed by atoms with Crippen LogP contribution in [0.15, 0.2) is 22.7 Å². The molecule has 2 aromatic rings. The Balaban J connectivity index is 2.41. The summed E-state index contributed by atoms with van der Waals surface area (Å²) in [5.41, 5.74) is 3.06. The lowest BCUT2D eigenvalue weighted by Gasteiger charge is -1.93. The van der Waals surface area contributed by atoms with Gasteiger partial charge in [0.15, 0.2) is 5.78 Å². The van der Waals surface area contributed by atoms with Gasteiger partial charge in [-0.15, -0.1) is 0 Å². The zero-order chi connectivity index (χ0) is 9.71. The van der Waals surface area contributed by atoms with Crippen LogP contribution in [0.25, 0.3) is 10.9 Å². The van der Waals surface area contributed by atoms with Gasteiger partial charge in [0.05, 0.1) is 0 Å². The number of Topliss-reactive ketones (excluding diaryl/α,β-unsaturated/α-hetero) is 1. The molecule has 0 unspecified atom stereocenters. The molecule has 0 bridgehead atoms. The maximum Gasteiger partial charge on any atom is 0.165 e. The lowest BCUT2D eigenvalue weighted by atomic mass is 10.1. The van der Waals surface area contributed by atoms with E-state index in [2.05, 4.69) is 20.9 Å². The Morgan fingerprint density at radius 1 is 1.29 bits per heavy atom. The van der Waals surface area contributed by atoms with Gasteiger partial charge in [0, 0.05) is 33.1 Å². The number of aromatic amines is 1.